The van der Waals surface area contributed by atoms with Gasteiger partial charge in [0.25, 0.3) is 0 Å². The SMILES string of the molecule is CN(Cc1cc(Br)cs1)c1ccccc1CNC1CC1. The van der Waals surface area contributed by atoms with Crippen LogP contribution in [-0.4, -0.2) is 13.1 Å². The molecule has 0 aliphatic heterocycles. The summed E-state index contributed by atoms with van der Waals surface area (Å²) < 4.78 is 1.18. The predicted molar refractivity (Wildman–Crippen MR) is 90.4 cm³/mol. The molecule has 1 aromatic carbocycles. The average Bonchev–Trinajstić information content (AvgIpc) is 3.19. The Hall–Kier alpha value is -0.840. The maximum absolute atomic E-state index is 3.60. The summed E-state index contributed by atoms with van der Waals surface area (Å²) in [6.07, 6.45) is 2.67. The monoisotopic (exact) mass is 350 g/mol. The van der Waals surface area contributed by atoms with Crippen molar-refractivity contribution in [3.05, 3.63) is 50.6 Å². The summed E-state index contributed by atoms with van der Waals surface area (Å²) in [5.74, 6) is 0. The van der Waals surface area contributed by atoms with Gasteiger partial charge in [0.2, 0.25) is 0 Å². The van der Waals surface area contributed by atoms with Crippen molar-refractivity contribution in [2.45, 2.75) is 32.0 Å². The second-order valence-corrected chi connectivity index (χ2v) is 7.28. The van der Waals surface area contributed by atoms with Gasteiger partial charge in [0, 0.05) is 40.1 Å². The number of nitrogens with zero attached hydrogens (tertiary/aromatic N) is 1. The van der Waals surface area contributed by atoms with Gasteiger partial charge in [-0.2, -0.15) is 0 Å². The molecule has 0 radical (unpaired) electrons. The van der Waals surface area contributed by atoms with Gasteiger partial charge in [-0.15, -0.1) is 11.3 Å². The van der Waals surface area contributed by atoms with Crippen LogP contribution < -0.4 is 10.2 Å². The van der Waals surface area contributed by atoms with Crippen molar-refractivity contribution in [2.75, 3.05) is 11.9 Å². The van der Waals surface area contributed by atoms with Crippen LogP contribution in [0.2, 0.25) is 0 Å². The van der Waals surface area contributed by atoms with E-state index >= 15 is 0 Å². The van der Waals surface area contributed by atoms with E-state index in [9.17, 15) is 0 Å². The molecule has 3 rings (SSSR count). The number of nitrogens with one attached hydrogen (secondary N) is 1. The van der Waals surface area contributed by atoms with E-state index in [-0.39, 0.29) is 0 Å². The lowest BCUT2D eigenvalue weighted by molar-refractivity contribution is 0.685. The fourth-order valence-corrected chi connectivity index (χ4v) is 3.83. The number of anilines is 1. The number of thiophene rings is 1. The van der Waals surface area contributed by atoms with Crippen molar-refractivity contribution in [1.82, 2.24) is 5.32 Å². The van der Waals surface area contributed by atoms with Crippen molar-refractivity contribution >= 4 is 33.0 Å². The van der Waals surface area contributed by atoms with E-state index in [1.54, 1.807) is 11.3 Å². The number of hydrogen-bond acceptors (Lipinski definition) is 3. The molecule has 1 fully saturated rings. The molecule has 0 bridgehead atoms. The molecule has 1 N–H and O–H groups in total. The fraction of sp³-hybridized carbons (Fsp3) is 0.375. The van der Waals surface area contributed by atoms with Crippen molar-refractivity contribution < 1.29 is 0 Å². The Kier molecular flexibility index (Phi) is 4.44. The Bertz CT molecular complexity index is 577. The van der Waals surface area contributed by atoms with Crippen LogP contribution in [0.1, 0.15) is 23.3 Å². The highest BCUT2D eigenvalue weighted by Crippen LogP contribution is 2.26. The molecule has 1 aliphatic rings. The minimum Gasteiger partial charge on any atom is -0.369 e. The molecule has 0 saturated heterocycles. The second kappa shape index (κ2) is 6.29. The highest BCUT2D eigenvalue weighted by molar-refractivity contribution is 9.10. The summed E-state index contributed by atoms with van der Waals surface area (Å²) in [6.45, 7) is 1.93. The number of halogens is 1. The Morgan fingerprint density at radius 3 is 2.85 bits per heavy atom. The van der Waals surface area contributed by atoms with Crippen LogP contribution in [0.3, 0.4) is 0 Å². The maximum Gasteiger partial charge on any atom is 0.0520 e. The molecule has 0 spiro atoms. The molecule has 1 aromatic heterocycles. The van der Waals surface area contributed by atoms with Gasteiger partial charge >= 0.3 is 0 Å². The first-order chi connectivity index (χ1) is 9.72. The van der Waals surface area contributed by atoms with E-state index in [1.807, 2.05) is 0 Å². The van der Waals surface area contributed by atoms with Crippen LogP contribution in [0.15, 0.2) is 40.2 Å². The number of para-hydroxylation sites is 1. The molecule has 20 heavy (non-hydrogen) atoms. The van der Waals surface area contributed by atoms with Crippen molar-refractivity contribution in [2.24, 2.45) is 0 Å². The zero-order valence-corrected chi connectivity index (χ0v) is 14.0. The van der Waals surface area contributed by atoms with Crippen LogP contribution in [0.4, 0.5) is 5.69 Å². The standard InChI is InChI=1S/C16H19BrN2S/c1-19(10-15-8-13(17)11-20-15)16-5-3-2-4-12(16)9-18-14-6-7-14/h2-5,8,11,14,18H,6-7,9-10H2,1H3. The molecule has 1 saturated carbocycles. The van der Waals surface area contributed by atoms with Crippen LogP contribution in [0, 0.1) is 0 Å². The summed E-state index contributed by atoms with van der Waals surface area (Å²) in [7, 11) is 2.17. The van der Waals surface area contributed by atoms with Crippen LogP contribution in [0.25, 0.3) is 0 Å². The lowest BCUT2D eigenvalue weighted by Crippen LogP contribution is -2.21. The molecule has 2 aromatic rings. The first-order valence-electron chi connectivity index (χ1n) is 6.98. The van der Waals surface area contributed by atoms with Gasteiger partial charge in [0.15, 0.2) is 0 Å². The fourth-order valence-electron chi connectivity index (χ4n) is 2.33. The first kappa shape index (κ1) is 14.1. The number of rotatable bonds is 6. The van der Waals surface area contributed by atoms with Gasteiger partial charge in [0.05, 0.1) is 6.54 Å². The normalized spacial score (nSPS) is 14.5. The highest BCUT2D eigenvalue weighted by Gasteiger charge is 2.20. The smallest absolute Gasteiger partial charge is 0.0520 e. The molecular weight excluding hydrogens is 332 g/mol. The Morgan fingerprint density at radius 1 is 1.35 bits per heavy atom. The molecular formula is C16H19BrN2S. The lowest BCUT2D eigenvalue weighted by Gasteiger charge is -2.22. The van der Waals surface area contributed by atoms with E-state index < -0.39 is 0 Å². The number of benzene rings is 1. The molecule has 106 valence electrons. The Labute approximate surface area is 132 Å². The van der Waals surface area contributed by atoms with Crippen LogP contribution >= 0.6 is 27.3 Å². The molecule has 0 atom stereocenters. The van der Waals surface area contributed by atoms with Gasteiger partial charge in [-0.3, -0.25) is 0 Å². The van der Waals surface area contributed by atoms with Crippen molar-refractivity contribution in [3.63, 3.8) is 0 Å². The molecule has 4 heteroatoms. The third-order valence-corrected chi connectivity index (χ3v) is 5.26. The highest BCUT2D eigenvalue weighted by atomic mass is 79.9. The molecule has 2 nitrogen and oxygen atoms in total. The van der Waals surface area contributed by atoms with Crippen LogP contribution in [0.5, 0.6) is 0 Å². The van der Waals surface area contributed by atoms with Gasteiger partial charge in [-0.05, 0) is 46.5 Å². The van der Waals surface area contributed by atoms with E-state index in [0.29, 0.717) is 0 Å². The van der Waals surface area contributed by atoms with Gasteiger partial charge in [-0.25, -0.2) is 0 Å². The zero-order chi connectivity index (χ0) is 13.9. The van der Waals surface area contributed by atoms with E-state index in [2.05, 4.69) is 68.9 Å². The Morgan fingerprint density at radius 2 is 2.15 bits per heavy atom. The van der Waals surface area contributed by atoms with Crippen molar-refractivity contribution in [1.29, 1.82) is 0 Å². The quantitative estimate of drug-likeness (QED) is 0.830. The minimum atomic E-state index is 0.751. The molecule has 1 heterocycles. The summed E-state index contributed by atoms with van der Waals surface area (Å²) >= 11 is 5.32. The third kappa shape index (κ3) is 3.62. The summed E-state index contributed by atoms with van der Waals surface area (Å²) in [5.41, 5.74) is 2.71. The zero-order valence-electron chi connectivity index (χ0n) is 11.6. The molecule has 1 aliphatic carbocycles. The van der Waals surface area contributed by atoms with Gasteiger partial charge < -0.3 is 10.2 Å². The lowest BCUT2D eigenvalue weighted by atomic mass is 10.1. The summed E-state index contributed by atoms with van der Waals surface area (Å²) in [4.78, 5) is 3.71. The largest absolute Gasteiger partial charge is 0.369 e. The molecule has 0 amide bonds. The maximum atomic E-state index is 3.60. The predicted octanol–water partition coefficient (Wildman–Crippen LogP) is 4.40. The topological polar surface area (TPSA) is 15.3 Å². The van der Waals surface area contributed by atoms with Gasteiger partial charge in [0.1, 0.15) is 0 Å². The minimum absolute atomic E-state index is 0.751. The van der Waals surface area contributed by atoms with Crippen molar-refractivity contribution in [3.8, 4) is 0 Å². The van der Waals surface area contributed by atoms with Crippen LogP contribution in [-0.2, 0) is 13.1 Å². The summed E-state index contributed by atoms with van der Waals surface area (Å²) in [6, 6.07) is 11.6. The summed E-state index contributed by atoms with van der Waals surface area (Å²) in [5, 5.41) is 5.75. The Balaban J connectivity index is 1.70. The van der Waals surface area contributed by atoms with E-state index in [0.717, 1.165) is 19.1 Å². The van der Waals surface area contributed by atoms with Gasteiger partial charge in [-0.1, -0.05) is 18.2 Å². The van der Waals surface area contributed by atoms with E-state index in [1.165, 1.54) is 33.4 Å². The molecule has 0 unspecified atom stereocenters. The number of hydrogen-bond donors (Lipinski definition) is 1. The average molecular weight is 351 g/mol. The second-order valence-electron chi connectivity index (χ2n) is 5.37. The van der Waals surface area contributed by atoms with E-state index in [4.69, 9.17) is 0 Å². The third-order valence-electron chi connectivity index (χ3n) is 3.58. The first-order valence-corrected chi connectivity index (χ1v) is 8.65.